The molecule has 2 rings (SSSR count). The van der Waals surface area contributed by atoms with Crippen molar-refractivity contribution < 1.29 is 4.79 Å². The van der Waals surface area contributed by atoms with Gasteiger partial charge in [-0.2, -0.15) is 0 Å². The van der Waals surface area contributed by atoms with Gasteiger partial charge in [-0.25, -0.2) is 0 Å². The lowest BCUT2D eigenvalue weighted by atomic mass is 9.99. The lowest BCUT2D eigenvalue weighted by Crippen LogP contribution is -2.29. The second kappa shape index (κ2) is 8.18. The van der Waals surface area contributed by atoms with Gasteiger partial charge in [0.25, 0.3) is 5.91 Å². The molecule has 4 heteroatoms. The van der Waals surface area contributed by atoms with Gasteiger partial charge in [0.1, 0.15) is 0 Å². The molecule has 0 aromatic carbocycles. The van der Waals surface area contributed by atoms with Crippen LogP contribution in [0.1, 0.15) is 59.1 Å². The van der Waals surface area contributed by atoms with Crippen LogP contribution in [0.4, 0.5) is 0 Å². The van der Waals surface area contributed by atoms with Gasteiger partial charge in [0, 0.05) is 16.8 Å². The predicted molar refractivity (Wildman–Crippen MR) is 90.1 cm³/mol. The first kappa shape index (κ1) is 16.0. The molecular weight excluding hydrogens is 334 g/mol. The third kappa shape index (κ3) is 4.32. The summed E-state index contributed by atoms with van der Waals surface area (Å²) in [7, 11) is 0. The van der Waals surface area contributed by atoms with E-state index in [9.17, 15) is 4.79 Å². The SMILES string of the molecule is CCCC(CCBr)CNC(=O)c1cc2c(s1)CCCC2. The van der Waals surface area contributed by atoms with Gasteiger partial charge in [-0.1, -0.05) is 29.3 Å². The van der Waals surface area contributed by atoms with Crippen molar-refractivity contribution in [2.45, 2.75) is 51.9 Å². The molecule has 0 bridgehead atoms. The van der Waals surface area contributed by atoms with Crippen LogP contribution in [0, 0.1) is 5.92 Å². The van der Waals surface area contributed by atoms with Gasteiger partial charge in [0.05, 0.1) is 4.88 Å². The Morgan fingerprint density at radius 1 is 1.40 bits per heavy atom. The predicted octanol–water partition coefficient (Wildman–Crippen LogP) is 4.56. The largest absolute Gasteiger partial charge is 0.351 e. The lowest BCUT2D eigenvalue weighted by molar-refractivity contribution is 0.0950. The molecule has 0 aliphatic heterocycles. The fourth-order valence-corrected chi connectivity index (χ4v) is 4.66. The van der Waals surface area contributed by atoms with Gasteiger partial charge >= 0.3 is 0 Å². The summed E-state index contributed by atoms with van der Waals surface area (Å²) < 4.78 is 0. The van der Waals surface area contributed by atoms with Crippen LogP contribution in [0.25, 0.3) is 0 Å². The molecule has 2 nitrogen and oxygen atoms in total. The Morgan fingerprint density at radius 2 is 2.20 bits per heavy atom. The zero-order valence-electron chi connectivity index (χ0n) is 12.2. The Balaban J connectivity index is 1.89. The molecule has 1 aliphatic rings. The minimum absolute atomic E-state index is 0.125. The number of halogens is 1. The van der Waals surface area contributed by atoms with Crippen LogP contribution in [0.2, 0.25) is 0 Å². The highest BCUT2D eigenvalue weighted by molar-refractivity contribution is 9.09. The van der Waals surface area contributed by atoms with Gasteiger partial charge < -0.3 is 5.32 Å². The summed E-state index contributed by atoms with van der Waals surface area (Å²) in [5, 5.41) is 4.14. The Bertz CT molecular complexity index is 414. The van der Waals surface area contributed by atoms with Crippen LogP contribution in [-0.2, 0) is 12.8 Å². The molecule has 0 spiro atoms. The van der Waals surface area contributed by atoms with E-state index in [0.29, 0.717) is 5.92 Å². The molecule has 1 heterocycles. The minimum atomic E-state index is 0.125. The number of aryl methyl sites for hydroxylation is 2. The van der Waals surface area contributed by atoms with E-state index in [1.54, 1.807) is 11.3 Å². The van der Waals surface area contributed by atoms with Crippen molar-refractivity contribution in [3.8, 4) is 0 Å². The highest BCUT2D eigenvalue weighted by atomic mass is 79.9. The third-order valence-electron chi connectivity index (χ3n) is 3.99. The van der Waals surface area contributed by atoms with E-state index in [1.807, 2.05) is 0 Å². The van der Waals surface area contributed by atoms with Crippen molar-refractivity contribution in [2.75, 3.05) is 11.9 Å². The number of rotatable bonds is 7. The van der Waals surface area contributed by atoms with Crippen LogP contribution < -0.4 is 5.32 Å². The fraction of sp³-hybridized carbons (Fsp3) is 0.688. The average Bonchev–Trinajstić information content (AvgIpc) is 2.89. The van der Waals surface area contributed by atoms with E-state index >= 15 is 0 Å². The van der Waals surface area contributed by atoms with Crippen LogP contribution in [0.15, 0.2) is 6.07 Å². The van der Waals surface area contributed by atoms with E-state index < -0.39 is 0 Å². The summed E-state index contributed by atoms with van der Waals surface area (Å²) in [6.07, 6.45) is 8.37. The number of carbonyl (C=O) groups is 1. The van der Waals surface area contributed by atoms with Gasteiger partial charge in [0.2, 0.25) is 0 Å². The van der Waals surface area contributed by atoms with Gasteiger partial charge in [-0.15, -0.1) is 11.3 Å². The minimum Gasteiger partial charge on any atom is -0.351 e. The molecule has 1 atom stereocenters. The molecule has 1 N–H and O–H groups in total. The van der Waals surface area contributed by atoms with Gasteiger partial charge in [-0.3, -0.25) is 4.79 Å². The van der Waals surface area contributed by atoms with Crippen LogP contribution in [-0.4, -0.2) is 17.8 Å². The van der Waals surface area contributed by atoms with Crippen molar-refractivity contribution in [3.05, 3.63) is 21.4 Å². The molecule has 1 aliphatic carbocycles. The number of carbonyl (C=O) groups excluding carboxylic acids is 1. The summed E-state index contributed by atoms with van der Waals surface area (Å²) in [5.74, 6) is 0.720. The zero-order valence-corrected chi connectivity index (χ0v) is 14.6. The summed E-state index contributed by atoms with van der Waals surface area (Å²) in [6, 6.07) is 2.12. The second-order valence-corrected chi connectivity index (χ2v) is 7.54. The smallest absolute Gasteiger partial charge is 0.261 e. The van der Waals surface area contributed by atoms with E-state index in [4.69, 9.17) is 0 Å². The summed E-state index contributed by atoms with van der Waals surface area (Å²) >= 11 is 5.20. The number of hydrogen-bond acceptors (Lipinski definition) is 2. The molecule has 112 valence electrons. The molecule has 1 unspecified atom stereocenters. The Labute approximate surface area is 134 Å². The Hall–Kier alpha value is -0.350. The Kier molecular flexibility index (Phi) is 6.56. The first-order valence-electron chi connectivity index (χ1n) is 7.70. The van der Waals surface area contributed by atoms with Crippen LogP contribution >= 0.6 is 27.3 Å². The summed E-state index contributed by atoms with van der Waals surface area (Å²) in [5.41, 5.74) is 1.41. The number of amides is 1. The first-order chi connectivity index (χ1) is 9.74. The molecule has 0 saturated carbocycles. The van der Waals surface area contributed by atoms with Crippen molar-refractivity contribution in [2.24, 2.45) is 5.92 Å². The maximum Gasteiger partial charge on any atom is 0.261 e. The summed E-state index contributed by atoms with van der Waals surface area (Å²) in [4.78, 5) is 14.6. The van der Waals surface area contributed by atoms with Crippen molar-refractivity contribution >= 4 is 33.2 Å². The van der Waals surface area contributed by atoms with Crippen LogP contribution in [0.3, 0.4) is 0 Å². The molecular formula is C16H24BrNOS. The molecule has 0 saturated heterocycles. The van der Waals surface area contributed by atoms with E-state index in [0.717, 1.165) is 36.0 Å². The van der Waals surface area contributed by atoms with Gasteiger partial charge in [-0.05, 0) is 56.1 Å². The highest BCUT2D eigenvalue weighted by Crippen LogP contribution is 2.29. The molecule has 20 heavy (non-hydrogen) atoms. The number of fused-ring (bicyclic) bond motifs is 1. The second-order valence-electron chi connectivity index (χ2n) is 5.61. The lowest BCUT2D eigenvalue weighted by Gasteiger charge is -2.15. The number of alkyl halides is 1. The zero-order chi connectivity index (χ0) is 14.4. The number of nitrogens with one attached hydrogen (secondary N) is 1. The Morgan fingerprint density at radius 3 is 2.90 bits per heavy atom. The number of hydrogen-bond donors (Lipinski definition) is 1. The topological polar surface area (TPSA) is 29.1 Å². The highest BCUT2D eigenvalue weighted by Gasteiger charge is 2.17. The van der Waals surface area contributed by atoms with Crippen molar-refractivity contribution in [3.63, 3.8) is 0 Å². The van der Waals surface area contributed by atoms with Gasteiger partial charge in [0.15, 0.2) is 0 Å². The third-order valence-corrected chi connectivity index (χ3v) is 5.68. The van der Waals surface area contributed by atoms with E-state index in [-0.39, 0.29) is 5.91 Å². The number of thiophene rings is 1. The first-order valence-corrected chi connectivity index (χ1v) is 9.64. The standard InChI is InChI=1S/C16H24BrNOS/c1-2-5-12(8-9-17)11-18-16(19)15-10-13-6-3-4-7-14(13)20-15/h10,12H,2-9,11H2,1H3,(H,18,19). The molecule has 1 amide bonds. The van der Waals surface area contributed by atoms with E-state index in [2.05, 4.69) is 34.2 Å². The van der Waals surface area contributed by atoms with Crippen molar-refractivity contribution in [1.82, 2.24) is 5.32 Å². The molecule has 1 aromatic heterocycles. The van der Waals surface area contributed by atoms with Crippen LogP contribution in [0.5, 0.6) is 0 Å². The normalized spacial score (nSPS) is 15.7. The quantitative estimate of drug-likeness (QED) is 0.712. The van der Waals surface area contributed by atoms with Crippen molar-refractivity contribution in [1.29, 1.82) is 0 Å². The molecule has 1 aromatic rings. The summed E-state index contributed by atoms with van der Waals surface area (Å²) in [6.45, 7) is 3.01. The van der Waals surface area contributed by atoms with E-state index in [1.165, 1.54) is 36.1 Å². The molecule has 0 fully saturated rings. The maximum absolute atomic E-state index is 12.3. The fourth-order valence-electron chi connectivity index (χ4n) is 2.84. The maximum atomic E-state index is 12.3. The monoisotopic (exact) mass is 357 g/mol. The molecule has 0 radical (unpaired) electrons. The average molecular weight is 358 g/mol.